The first kappa shape index (κ1) is 20.5. The van der Waals surface area contributed by atoms with Crippen molar-refractivity contribution in [1.82, 2.24) is 10.2 Å². The number of benzene rings is 2. The van der Waals surface area contributed by atoms with Crippen LogP contribution in [0.15, 0.2) is 48.5 Å². The number of nitrogens with zero attached hydrogens (tertiary/aromatic N) is 1. The third-order valence-corrected chi connectivity index (χ3v) is 6.55. The molecule has 1 unspecified atom stereocenters. The minimum absolute atomic E-state index is 0.0378. The number of alkyl carbamates (subject to hydrolysis) is 1. The second-order valence-corrected chi connectivity index (χ2v) is 8.88. The lowest BCUT2D eigenvalue weighted by Crippen LogP contribution is -2.52. The molecule has 2 aromatic rings. The summed E-state index contributed by atoms with van der Waals surface area (Å²) >= 11 is 0. The van der Waals surface area contributed by atoms with Crippen molar-refractivity contribution in [1.29, 1.82) is 0 Å². The van der Waals surface area contributed by atoms with E-state index >= 15 is 0 Å². The predicted octanol–water partition coefficient (Wildman–Crippen LogP) is 3.38. The zero-order chi connectivity index (χ0) is 22.2. The highest BCUT2D eigenvalue weighted by Gasteiger charge is 2.44. The molecular weight excluding hydrogens is 408 g/mol. The molecule has 2 fully saturated rings. The summed E-state index contributed by atoms with van der Waals surface area (Å²) < 4.78 is 5.60. The fourth-order valence-electron chi connectivity index (χ4n) is 4.68. The second kappa shape index (κ2) is 8.30. The van der Waals surface area contributed by atoms with E-state index in [0.717, 1.165) is 47.9 Å². The molecule has 7 nitrogen and oxygen atoms in total. The molecule has 7 heteroatoms. The molecule has 0 bridgehead atoms. The molecule has 166 valence electrons. The number of aliphatic carboxylic acids is 1. The average molecular weight is 434 g/mol. The zero-order valence-corrected chi connectivity index (χ0v) is 17.7. The fourth-order valence-corrected chi connectivity index (χ4v) is 4.68. The van der Waals surface area contributed by atoms with Crippen molar-refractivity contribution in [2.75, 3.05) is 13.2 Å². The summed E-state index contributed by atoms with van der Waals surface area (Å²) in [7, 11) is 0. The van der Waals surface area contributed by atoms with Gasteiger partial charge in [0, 0.05) is 12.0 Å². The molecular formula is C25H26N2O5. The molecule has 0 spiro atoms. The topological polar surface area (TPSA) is 95.9 Å². The SMILES string of the molecule is O=C(O)CN(C(=O)C(NC(=O)OCC1c2ccccc2-c2ccccc21)C1CC1)C1CC1. The number of rotatable bonds is 8. The summed E-state index contributed by atoms with van der Waals surface area (Å²) in [5, 5.41) is 11.9. The quantitative estimate of drug-likeness (QED) is 0.664. The largest absolute Gasteiger partial charge is 0.480 e. The molecule has 32 heavy (non-hydrogen) atoms. The van der Waals surface area contributed by atoms with Crippen LogP contribution in [0.4, 0.5) is 4.79 Å². The van der Waals surface area contributed by atoms with Gasteiger partial charge in [-0.25, -0.2) is 4.79 Å². The number of carbonyl (C=O) groups excluding carboxylic acids is 2. The number of fused-ring (bicyclic) bond motifs is 3. The Balaban J connectivity index is 1.26. The minimum atomic E-state index is -1.04. The monoisotopic (exact) mass is 434 g/mol. The molecule has 0 saturated heterocycles. The number of hydrogen-bond acceptors (Lipinski definition) is 4. The van der Waals surface area contributed by atoms with Gasteiger partial charge in [0.15, 0.2) is 0 Å². The van der Waals surface area contributed by atoms with Gasteiger partial charge in [0.05, 0.1) is 0 Å². The van der Waals surface area contributed by atoms with Gasteiger partial charge < -0.3 is 20.1 Å². The number of amides is 2. The molecule has 0 aliphatic heterocycles. The number of carboxylic acid groups (broad SMARTS) is 1. The Morgan fingerprint density at radius 2 is 1.56 bits per heavy atom. The van der Waals surface area contributed by atoms with Crippen molar-refractivity contribution < 1.29 is 24.2 Å². The molecule has 3 aliphatic rings. The molecule has 2 N–H and O–H groups in total. The fraction of sp³-hybridized carbons (Fsp3) is 0.400. The standard InChI is InChI=1S/C25H26N2O5/c28-22(29)13-27(16-11-12-16)24(30)23(15-9-10-15)26-25(31)32-14-21-19-7-3-1-5-17(19)18-6-2-4-8-20(18)21/h1-8,15-16,21,23H,9-14H2,(H,26,31)(H,28,29). The van der Waals surface area contributed by atoms with Crippen molar-refractivity contribution in [3.05, 3.63) is 59.7 Å². The Kier molecular flexibility index (Phi) is 5.33. The lowest BCUT2D eigenvalue weighted by Gasteiger charge is -2.26. The van der Waals surface area contributed by atoms with Crippen LogP contribution >= 0.6 is 0 Å². The van der Waals surface area contributed by atoms with Gasteiger partial charge in [-0.1, -0.05) is 48.5 Å². The molecule has 5 rings (SSSR count). The van der Waals surface area contributed by atoms with E-state index in [-0.39, 0.29) is 36.9 Å². The van der Waals surface area contributed by atoms with Gasteiger partial charge in [-0.3, -0.25) is 9.59 Å². The van der Waals surface area contributed by atoms with Crippen molar-refractivity contribution in [3.63, 3.8) is 0 Å². The number of nitrogens with one attached hydrogen (secondary N) is 1. The van der Waals surface area contributed by atoms with Crippen molar-refractivity contribution in [2.24, 2.45) is 5.92 Å². The number of hydrogen-bond donors (Lipinski definition) is 2. The molecule has 3 aliphatic carbocycles. The lowest BCUT2D eigenvalue weighted by molar-refractivity contribution is -0.146. The van der Waals surface area contributed by atoms with E-state index in [4.69, 9.17) is 4.74 Å². The first-order valence-corrected chi connectivity index (χ1v) is 11.2. The van der Waals surface area contributed by atoms with E-state index in [0.29, 0.717) is 0 Å². The van der Waals surface area contributed by atoms with Gasteiger partial charge in [0.2, 0.25) is 5.91 Å². The molecule has 2 amide bonds. The normalized spacial score (nSPS) is 17.8. The van der Waals surface area contributed by atoms with Crippen LogP contribution in [0.2, 0.25) is 0 Å². The second-order valence-electron chi connectivity index (χ2n) is 8.88. The van der Waals surface area contributed by atoms with Crippen molar-refractivity contribution >= 4 is 18.0 Å². The summed E-state index contributed by atoms with van der Waals surface area (Å²) in [6.07, 6.45) is 2.66. The highest BCUT2D eigenvalue weighted by Crippen LogP contribution is 2.44. The van der Waals surface area contributed by atoms with E-state index in [1.165, 1.54) is 4.90 Å². The van der Waals surface area contributed by atoms with Crippen LogP contribution in [0.25, 0.3) is 11.1 Å². The Labute approximate surface area is 186 Å². The minimum Gasteiger partial charge on any atom is -0.480 e. The first-order valence-electron chi connectivity index (χ1n) is 11.2. The molecule has 0 radical (unpaired) electrons. The smallest absolute Gasteiger partial charge is 0.407 e. The third kappa shape index (κ3) is 4.07. The lowest BCUT2D eigenvalue weighted by atomic mass is 9.98. The van der Waals surface area contributed by atoms with E-state index in [1.807, 2.05) is 24.3 Å². The molecule has 0 aromatic heterocycles. The molecule has 2 aromatic carbocycles. The van der Waals surface area contributed by atoms with E-state index in [9.17, 15) is 19.5 Å². The molecule has 2 saturated carbocycles. The highest BCUT2D eigenvalue weighted by atomic mass is 16.5. The van der Waals surface area contributed by atoms with Gasteiger partial charge in [0.1, 0.15) is 19.2 Å². The summed E-state index contributed by atoms with van der Waals surface area (Å²) in [6.45, 7) is -0.161. The van der Waals surface area contributed by atoms with Crippen LogP contribution < -0.4 is 5.32 Å². The van der Waals surface area contributed by atoms with Crippen LogP contribution in [0, 0.1) is 5.92 Å². The van der Waals surface area contributed by atoms with E-state index in [1.54, 1.807) is 0 Å². The summed E-state index contributed by atoms with van der Waals surface area (Å²) in [4.78, 5) is 38.4. The summed E-state index contributed by atoms with van der Waals surface area (Å²) in [6, 6.07) is 15.4. The van der Waals surface area contributed by atoms with E-state index < -0.39 is 18.1 Å². The Bertz CT molecular complexity index is 1010. The van der Waals surface area contributed by atoms with Crippen LogP contribution in [0.1, 0.15) is 42.7 Å². The van der Waals surface area contributed by atoms with Crippen LogP contribution in [-0.4, -0.2) is 53.2 Å². The van der Waals surface area contributed by atoms with E-state index in [2.05, 4.69) is 29.6 Å². The third-order valence-electron chi connectivity index (χ3n) is 6.55. The summed E-state index contributed by atoms with van der Waals surface area (Å²) in [5.41, 5.74) is 4.55. The van der Waals surface area contributed by atoms with Gasteiger partial charge in [0.25, 0.3) is 0 Å². The summed E-state index contributed by atoms with van der Waals surface area (Å²) in [5.74, 6) is -1.37. The van der Waals surface area contributed by atoms with Crippen molar-refractivity contribution in [3.8, 4) is 11.1 Å². The van der Waals surface area contributed by atoms with Crippen LogP contribution in [0.3, 0.4) is 0 Å². The maximum absolute atomic E-state index is 13.1. The maximum Gasteiger partial charge on any atom is 0.407 e. The first-order chi connectivity index (χ1) is 15.5. The Hall–Kier alpha value is -3.35. The number of ether oxygens (including phenoxy) is 1. The maximum atomic E-state index is 13.1. The molecule has 1 atom stereocenters. The van der Waals surface area contributed by atoms with Gasteiger partial charge in [-0.15, -0.1) is 0 Å². The number of carboxylic acids is 1. The average Bonchev–Trinajstić information content (AvgIpc) is 3.71. The van der Waals surface area contributed by atoms with Crippen molar-refractivity contribution in [2.45, 2.75) is 43.7 Å². The Morgan fingerprint density at radius 3 is 2.09 bits per heavy atom. The number of carbonyl (C=O) groups is 3. The van der Waals surface area contributed by atoms with Crippen LogP contribution in [0.5, 0.6) is 0 Å². The molecule has 0 heterocycles. The highest BCUT2D eigenvalue weighted by molar-refractivity contribution is 5.89. The van der Waals surface area contributed by atoms with Gasteiger partial charge >= 0.3 is 12.1 Å². The predicted molar refractivity (Wildman–Crippen MR) is 117 cm³/mol. The zero-order valence-electron chi connectivity index (χ0n) is 17.7. The van der Waals surface area contributed by atoms with Crippen LogP contribution in [-0.2, 0) is 14.3 Å². The Morgan fingerprint density at radius 1 is 0.969 bits per heavy atom. The van der Waals surface area contributed by atoms with Gasteiger partial charge in [-0.2, -0.15) is 0 Å². The van der Waals surface area contributed by atoms with Gasteiger partial charge in [-0.05, 0) is 53.9 Å².